The third-order valence-electron chi connectivity index (χ3n) is 8.26. The quantitative estimate of drug-likeness (QED) is 0.152. The summed E-state index contributed by atoms with van der Waals surface area (Å²) < 4.78 is 10.9. The summed E-state index contributed by atoms with van der Waals surface area (Å²) in [6, 6.07) is 2.45. The van der Waals surface area contributed by atoms with E-state index >= 15 is 0 Å². The predicted molar refractivity (Wildman–Crippen MR) is 121 cm³/mol. The second-order valence-corrected chi connectivity index (χ2v) is 10.1. The van der Waals surface area contributed by atoms with Crippen molar-refractivity contribution < 1.29 is 24.4 Å². The van der Waals surface area contributed by atoms with E-state index in [0.717, 1.165) is 63.2 Å². The summed E-state index contributed by atoms with van der Waals surface area (Å²) >= 11 is 0. The van der Waals surface area contributed by atoms with Gasteiger partial charge in [-0.05, 0) is 101 Å². The third kappa shape index (κ3) is 7.30. The first-order valence-corrected chi connectivity index (χ1v) is 12.7. The second-order valence-electron chi connectivity index (χ2n) is 10.1. The Morgan fingerprint density at radius 2 is 1.50 bits per heavy atom. The Morgan fingerprint density at radius 1 is 0.938 bits per heavy atom. The standard InChI is InChI=1S/C26H41NO5/c1-2-25(28)31-17-3-16-30-24-14-12-23(13-15-24)26(32-29)22-10-8-21(9-11-22)20-6-4-19(18-27)5-7-20/h2,19-24,26,29H,1,3-17H2. The average Bonchev–Trinajstić information content (AvgIpc) is 2.85. The number of hydrogen-bond acceptors (Lipinski definition) is 6. The van der Waals surface area contributed by atoms with Crippen molar-refractivity contribution in [3.63, 3.8) is 0 Å². The number of nitrogens with zero attached hydrogens (tertiary/aromatic N) is 1. The van der Waals surface area contributed by atoms with Crippen LogP contribution in [-0.4, -0.2) is 36.6 Å². The molecule has 1 unspecified atom stereocenters. The molecule has 180 valence electrons. The molecule has 0 spiro atoms. The van der Waals surface area contributed by atoms with Crippen LogP contribution in [-0.2, 0) is 19.2 Å². The van der Waals surface area contributed by atoms with Crippen molar-refractivity contribution in [3.8, 4) is 6.07 Å². The largest absolute Gasteiger partial charge is 0.462 e. The molecule has 0 heterocycles. The van der Waals surface area contributed by atoms with Gasteiger partial charge < -0.3 is 9.47 Å². The number of esters is 1. The summed E-state index contributed by atoms with van der Waals surface area (Å²) in [6.45, 7) is 4.34. The van der Waals surface area contributed by atoms with E-state index in [2.05, 4.69) is 12.6 Å². The lowest BCUT2D eigenvalue weighted by atomic mass is 9.67. The monoisotopic (exact) mass is 447 g/mol. The van der Waals surface area contributed by atoms with Crippen LogP contribution in [0.25, 0.3) is 0 Å². The van der Waals surface area contributed by atoms with Gasteiger partial charge in [-0.3, -0.25) is 5.26 Å². The highest BCUT2D eigenvalue weighted by atomic mass is 17.1. The molecule has 0 saturated heterocycles. The van der Waals surface area contributed by atoms with Gasteiger partial charge in [-0.2, -0.15) is 5.26 Å². The molecule has 0 amide bonds. The molecule has 6 nitrogen and oxygen atoms in total. The first kappa shape index (κ1) is 25.2. The zero-order valence-electron chi connectivity index (χ0n) is 19.5. The van der Waals surface area contributed by atoms with Crippen molar-refractivity contribution in [1.82, 2.24) is 0 Å². The van der Waals surface area contributed by atoms with Crippen LogP contribution < -0.4 is 0 Å². The Kier molecular flexibility index (Phi) is 10.5. The Balaban J connectivity index is 1.33. The summed E-state index contributed by atoms with van der Waals surface area (Å²) in [5.74, 6) is 2.33. The smallest absolute Gasteiger partial charge is 0.330 e. The molecule has 0 aromatic rings. The number of rotatable bonds is 10. The van der Waals surface area contributed by atoms with Gasteiger partial charge in [-0.25, -0.2) is 9.68 Å². The van der Waals surface area contributed by atoms with Crippen LogP contribution in [0.4, 0.5) is 0 Å². The van der Waals surface area contributed by atoms with Crippen molar-refractivity contribution in [2.24, 2.45) is 29.6 Å². The van der Waals surface area contributed by atoms with Crippen molar-refractivity contribution in [1.29, 1.82) is 5.26 Å². The second kappa shape index (κ2) is 13.3. The Morgan fingerprint density at radius 3 is 2.03 bits per heavy atom. The minimum atomic E-state index is -0.388. The van der Waals surface area contributed by atoms with Crippen molar-refractivity contribution in [2.75, 3.05) is 13.2 Å². The van der Waals surface area contributed by atoms with E-state index in [0.29, 0.717) is 31.5 Å². The minimum absolute atomic E-state index is 0.0514. The van der Waals surface area contributed by atoms with Gasteiger partial charge in [0.25, 0.3) is 0 Å². The van der Waals surface area contributed by atoms with E-state index in [1.54, 1.807) is 0 Å². The Labute approximate surface area is 193 Å². The number of hydrogen-bond donors (Lipinski definition) is 1. The van der Waals surface area contributed by atoms with Gasteiger partial charge in [0.1, 0.15) is 0 Å². The molecule has 1 atom stereocenters. The third-order valence-corrected chi connectivity index (χ3v) is 8.26. The molecule has 3 aliphatic carbocycles. The van der Waals surface area contributed by atoms with Crippen molar-refractivity contribution in [3.05, 3.63) is 12.7 Å². The van der Waals surface area contributed by atoms with Crippen molar-refractivity contribution >= 4 is 5.97 Å². The van der Waals surface area contributed by atoms with E-state index in [1.165, 1.54) is 31.8 Å². The van der Waals surface area contributed by atoms with Gasteiger partial charge in [-0.15, -0.1) is 0 Å². The highest BCUT2D eigenvalue weighted by Gasteiger charge is 2.38. The summed E-state index contributed by atoms with van der Waals surface area (Å²) in [4.78, 5) is 16.1. The number of carbonyl (C=O) groups is 1. The van der Waals surface area contributed by atoms with Gasteiger partial charge in [0.15, 0.2) is 0 Å². The molecular weight excluding hydrogens is 406 g/mol. The zero-order valence-corrected chi connectivity index (χ0v) is 19.5. The molecule has 3 fully saturated rings. The first-order chi connectivity index (χ1) is 15.6. The van der Waals surface area contributed by atoms with E-state index in [9.17, 15) is 10.1 Å². The van der Waals surface area contributed by atoms with Crippen LogP contribution in [0.5, 0.6) is 0 Å². The fraction of sp³-hybridized carbons (Fsp3) is 0.846. The maximum Gasteiger partial charge on any atom is 0.330 e. The number of nitriles is 1. The molecular formula is C26H41NO5. The highest BCUT2D eigenvalue weighted by molar-refractivity contribution is 5.81. The van der Waals surface area contributed by atoms with Gasteiger partial charge in [-0.1, -0.05) is 6.58 Å². The summed E-state index contributed by atoms with van der Waals surface area (Å²) in [5, 5.41) is 18.8. The fourth-order valence-corrected chi connectivity index (χ4v) is 6.35. The lowest BCUT2D eigenvalue weighted by Gasteiger charge is -2.41. The maximum atomic E-state index is 11.0. The van der Waals surface area contributed by atoms with Gasteiger partial charge >= 0.3 is 5.97 Å². The SMILES string of the molecule is C=CC(=O)OCCCOC1CCC(C(OO)C2CCC(C3CCC(C#N)CC3)CC2)CC1. The molecule has 0 aromatic carbocycles. The first-order valence-electron chi connectivity index (χ1n) is 12.7. The molecule has 3 rings (SSSR count). The summed E-state index contributed by atoms with van der Waals surface area (Å²) in [5.41, 5.74) is 0. The van der Waals surface area contributed by atoms with Crippen LogP contribution in [0.3, 0.4) is 0 Å². The molecule has 0 bridgehead atoms. The summed E-state index contributed by atoms with van der Waals surface area (Å²) in [7, 11) is 0. The minimum Gasteiger partial charge on any atom is -0.462 e. The highest BCUT2D eigenvalue weighted by Crippen LogP contribution is 2.44. The molecule has 6 heteroatoms. The Bertz CT molecular complexity index is 608. The molecule has 0 radical (unpaired) electrons. The van der Waals surface area contributed by atoms with Gasteiger partial charge in [0, 0.05) is 18.4 Å². The van der Waals surface area contributed by atoms with E-state index < -0.39 is 0 Å². The average molecular weight is 448 g/mol. The Hall–Kier alpha value is -1.42. The fourth-order valence-electron chi connectivity index (χ4n) is 6.35. The zero-order chi connectivity index (χ0) is 22.8. The van der Waals surface area contributed by atoms with Gasteiger partial charge in [0.05, 0.1) is 31.5 Å². The van der Waals surface area contributed by atoms with Crippen molar-refractivity contribution in [2.45, 2.75) is 95.7 Å². The van der Waals surface area contributed by atoms with E-state index in [-0.39, 0.29) is 24.1 Å². The molecule has 3 aliphatic rings. The maximum absolute atomic E-state index is 11.0. The van der Waals surface area contributed by atoms with Crippen LogP contribution in [0.2, 0.25) is 0 Å². The normalized spacial score (nSPS) is 34.2. The van der Waals surface area contributed by atoms with Crippen LogP contribution in [0.1, 0.15) is 83.5 Å². The summed E-state index contributed by atoms with van der Waals surface area (Å²) in [6.07, 6.45) is 15.5. The van der Waals surface area contributed by atoms with Crippen LogP contribution >= 0.6 is 0 Å². The predicted octanol–water partition coefficient (Wildman–Crippen LogP) is 5.68. The molecule has 1 N–H and O–H groups in total. The number of carbonyl (C=O) groups excluding carboxylic acids is 1. The number of ether oxygens (including phenoxy) is 2. The van der Waals surface area contributed by atoms with Crippen LogP contribution in [0, 0.1) is 40.9 Å². The molecule has 0 aliphatic heterocycles. The molecule has 32 heavy (non-hydrogen) atoms. The lowest BCUT2D eigenvalue weighted by molar-refractivity contribution is -0.307. The van der Waals surface area contributed by atoms with E-state index in [4.69, 9.17) is 19.6 Å². The topological polar surface area (TPSA) is 88.8 Å². The van der Waals surface area contributed by atoms with E-state index in [1.807, 2.05) is 0 Å². The molecule has 0 aromatic heterocycles. The lowest BCUT2D eigenvalue weighted by Crippen LogP contribution is -2.38. The van der Waals surface area contributed by atoms with Gasteiger partial charge in [0.2, 0.25) is 0 Å². The van der Waals surface area contributed by atoms with Crippen LogP contribution in [0.15, 0.2) is 12.7 Å². The molecule has 3 saturated carbocycles.